The molecule has 1 unspecified atom stereocenters. The molecule has 2 rings (SSSR count). The van der Waals surface area contributed by atoms with Gasteiger partial charge in [0.1, 0.15) is 0 Å². The van der Waals surface area contributed by atoms with Gasteiger partial charge >= 0.3 is 0 Å². The minimum absolute atomic E-state index is 0.0593. The highest BCUT2D eigenvalue weighted by atomic mass is 16.3. The Hall–Kier alpha value is -0.820. The normalized spacial score (nSPS) is 19.6. The molecule has 1 fully saturated rings. The zero-order valence-corrected chi connectivity index (χ0v) is 13.1. The van der Waals surface area contributed by atoms with Crippen LogP contribution in [0.4, 0.5) is 0 Å². The van der Waals surface area contributed by atoms with Gasteiger partial charge in [0, 0.05) is 5.41 Å². The summed E-state index contributed by atoms with van der Waals surface area (Å²) >= 11 is 0. The van der Waals surface area contributed by atoms with Crippen molar-refractivity contribution in [3.05, 3.63) is 35.9 Å². The summed E-state index contributed by atoms with van der Waals surface area (Å²) in [5, 5.41) is 11.2. The lowest BCUT2D eigenvalue weighted by Gasteiger charge is -2.41. The van der Waals surface area contributed by atoms with Crippen LogP contribution in [-0.2, 0) is 5.41 Å². The van der Waals surface area contributed by atoms with Crippen LogP contribution in [0.5, 0.6) is 0 Å². The van der Waals surface area contributed by atoms with E-state index in [2.05, 4.69) is 44.2 Å². The maximum atomic E-state index is 11.2. The summed E-state index contributed by atoms with van der Waals surface area (Å²) in [5.74, 6) is 0.484. The second-order valence-corrected chi connectivity index (χ2v) is 6.43. The van der Waals surface area contributed by atoms with Gasteiger partial charge in [0.25, 0.3) is 0 Å². The molecule has 0 radical (unpaired) electrons. The fraction of sp³-hybridized carbons (Fsp3) is 0.684. The van der Waals surface area contributed by atoms with Crippen molar-refractivity contribution in [3.63, 3.8) is 0 Å². The lowest BCUT2D eigenvalue weighted by atomic mass is 9.66. The van der Waals surface area contributed by atoms with E-state index in [9.17, 15) is 5.11 Å². The highest BCUT2D eigenvalue weighted by molar-refractivity contribution is 5.27. The first-order chi connectivity index (χ1) is 9.74. The quantitative estimate of drug-likeness (QED) is 0.743. The number of benzene rings is 1. The first-order valence-electron chi connectivity index (χ1n) is 8.48. The molecule has 1 aromatic rings. The molecule has 1 N–H and O–H groups in total. The van der Waals surface area contributed by atoms with Crippen LogP contribution < -0.4 is 0 Å². The van der Waals surface area contributed by atoms with Gasteiger partial charge in [-0.3, -0.25) is 0 Å². The Balaban J connectivity index is 2.26. The van der Waals surface area contributed by atoms with Crippen molar-refractivity contribution < 1.29 is 5.11 Å². The molecule has 0 amide bonds. The maximum Gasteiger partial charge on any atom is 0.0664 e. The molecule has 1 heteroatoms. The molecule has 1 atom stereocenters. The molecule has 0 spiro atoms. The Morgan fingerprint density at radius 2 is 1.55 bits per heavy atom. The molecule has 0 aromatic heterocycles. The standard InChI is InChI=1S/C19H30O/c1-3-19(4-2,17-14-10-7-11-15-17)18(20)16-12-8-5-6-9-13-16/h7,10-11,14-16,18,20H,3-6,8-9,12-13H2,1-2H3. The van der Waals surface area contributed by atoms with E-state index < -0.39 is 0 Å². The van der Waals surface area contributed by atoms with Gasteiger partial charge in [0.2, 0.25) is 0 Å². The summed E-state index contributed by atoms with van der Waals surface area (Å²) in [7, 11) is 0. The molecule has 1 aromatic carbocycles. The van der Waals surface area contributed by atoms with Crippen molar-refractivity contribution in [2.75, 3.05) is 0 Å². The van der Waals surface area contributed by atoms with Crippen LogP contribution in [0.1, 0.15) is 70.8 Å². The molecular formula is C19H30O. The Morgan fingerprint density at radius 1 is 1.00 bits per heavy atom. The smallest absolute Gasteiger partial charge is 0.0664 e. The van der Waals surface area contributed by atoms with E-state index in [0.717, 1.165) is 12.8 Å². The Kier molecular flexibility index (Phi) is 5.65. The fourth-order valence-corrected chi connectivity index (χ4v) is 4.10. The zero-order chi connectivity index (χ0) is 14.4. The molecular weight excluding hydrogens is 244 g/mol. The Labute approximate surface area is 124 Å². The molecule has 1 aliphatic carbocycles. The predicted octanol–water partition coefficient (Wildman–Crippen LogP) is 5.08. The number of hydrogen-bond donors (Lipinski definition) is 1. The number of aliphatic hydroxyl groups excluding tert-OH is 1. The topological polar surface area (TPSA) is 20.2 Å². The maximum absolute atomic E-state index is 11.2. The van der Waals surface area contributed by atoms with Gasteiger partial charge in [0.05, 0.1) is 6.10 Å². The molecule has 1 saturated carbocycles. The van der Waals surface area contributed by atoms with Crippen LogP contribution in [0.3, 0.4) is 0 Å². The number of rotatable bonds is 5. The lowest BCUT2D eigenvalue weighted by molar-refractivity contribution is 0.0158. The minimum atomic E-state index is -0.196. The molecule has 112 valence electrons. The zero-order valence-electron chi connectivity index (χ0n) is 13.1. The first kappa shape index (κ1) is 15.6. The summed E-state index contributed by atoms with van der Waals surface area (Å²) in [5.41, 5.74) is 1.26. The van der Waals surface area contributed by atoms with Gasteiger partial charge in [-0.25, -0.2) is 0 Å². The third-order valence-corrected chi connectivity index (χ3v) is 5.52. The molecule has 0 saturated heterocycles. The average Bonchev–Trinajstić information content (AvgIpc) is 2.79. The van der Waals surface area contributed by atoms with Crippen LogP contribution in [-0.4, -0.2) is 11.2 Å². The third kappa shape index (κ3) is 3.09. The summed E-state index contributed by atoms with van der Waals surface area (Å²) in [6, 6.07) is 10.7. The lowest BCUT2D eigenvalue weighted by Crippen LogP contribution is -2.43. The summed E-state index contributed by atoms with van der Waals surface area (Å²) in [4.78, 5) is 0. The van der Waals surface area contributed by atoms with Gasteiger partial charge in [-0.2, -0.15) is 0 Å². The van der Waals surface area contributed by atoms with Crippen LogP contribution in [0.25, 0.3) is 0 Å². The second kappa shape index (κ2) is 7.26. The highest BCUT2D eigenvalue weighted by Crippen LogP contribution is 2.41. The van der Waals surface area contributed by atoms with Gasteiger partial charge < -0.3 is 5.11 Å². The second-order valence-electron chi connectivity index (χ2n) is 6.43. The molecule has 1 aliphatic rings. The van der Waals surface area contributed by atoms with E-state index >= 15 is 0 Å². The first-order valence-corrected chi connectivity index (χ1v) is 8.48. The third-order valence-electron chi connectivity index (χ3n) is 5.52. The molecule has 0 bridgehead atoms. The van der Waals surface area contributed by atoms with Crippen molar-refractivity contribution in [2.45, 2.75) is 76.7 Å². The monoisotopic (exact) mass is 274 g/mol. The van der Waals surface area contributed by atoms with Crippen molar-refractivity contribution in [2.24, 2.45) is 5.92 Å². The van der Waals surface area contributed by atoms with Gasteiger partial charge in [0.15, 0.2) is 0 Å². The van der Waals surface area contributed by atoms with Crippen molar-refractivity contribution in [1.82, 2.24) is 0 Å². The van der Waals surface area contributed by atoms with Gasteiger partial charge in [-0.05, 0) is 37.2 Å². The van der Waals surface area contributed by atoms with Crippen molar-refractivity contribution in [1.29, 1.82) is 0 Å². The Morgan fingerprint density at radius 3 is 2.05 bits per heavy atom. The molecule has 20 heavy (non-hydrogen) atoms. The largest absolute Gasteiger partial charge is 0.392 e. The fourth-order valence-electron chi connectivity index (χ4n) is 4.10. The van der Waals surface area contributed by atoms with Crippen LogP contribution in [0.15, 0.2) is 30.3 Å². The van der Waals surface area contributed by atoms with Crippen LogP contribution in [0, 0.1) is 5.92 Å². The average molecular weight is 274 g/mol. The van der Waals surface area contributed by atoms with Crippen molar-refractivity contribution in [3.8, 4) is 0 Å². The van der Waals surface area contributed by atoms with Crippen LogP contribution in [0.2, 0.25) is 0 Å². The van der Waals surface area contributed by atoms with Crippen LogP contribution >= 0.6 is 0 Å². The predicted molar refractivity (Wildman–Crippen MR) is 85.9 cm³/mol. The SMILES string of the molecule is CCC(CC)(c1ccccc1)C(O)C1CCCCCC1. The Bertz CT molecular complexity index is 372. The van der Waals surface area contributed by atoms with Crippen molar-refractivity contribution >= 4 is 0 Å². The van der Waals surface area contributed by atoms with E-state index in [-0.39, 0.29) is 11.5 Å². The van der Waals surface area contributed by atoms with E-state index in [1.165, 1.54) is 44.1 Å². The summed E-state index contributed by atoms with van der Waals surface area (Å²) in [6.45, 7) is 4.47. The van der Waals surface area contributed by atoms with E-state index in [1.54, 1.807) is 0 Å². The van der Waals surface area contributed by atoms with Gasteiger partial charge in [-0.15, -0.1) is 0 Å². The molecule has 1 nitrogen and oxygen atoms in total. The van der Waals surface area contributed by atoms with E-state index in [1.807, 2.05) is 0 Å². The van der Waals surface area contributed by atoms with Gasteiger partial charge in [-0.1, -0.05) is 69.9 Å². The summed E-state index contributed by atoms with van der Waals surface area (Å²) < 4.78 is 0. The molecule has 0 heterocycles. The highest BCUT2D eigenvalue weighted by Gasteiger charge is 2.40. The number of hydrogen-bond acceptors (Lipinski definition) is 1. The van der Waals surface area contributed by atoms with E-state index in [4.69, 9.17) is 0 Å². The minimum Gasteiger partial charge on any atom is -0.392 e. The summed E-state index contributed by atoms with van der Waals surface area (Å²) in [6.07, 6.45) is 9.53. The van der Waals surface area contributed by atoms with E-state index in [0.29, 0.717) is 5.92 Å². The molecule has 0 aliphatic heterocycles. The number of aliphatic hydroxyl groups is 1.